The molecule has 0 aromatic carbocycles. The van der Waals surface area contributed by atoms with E-state index in [4.69, 9.17) is 5.73 Å². The van der Waals surface area contributed by atoms with E-state index >= 15 is 0 Å². The second-order valence-electron chi connectivity index (χ2n) is 3.48. The maximum Gasteiger partial charge on any atom is 0.253 e. The SMILES string of the molecule is Cn1cnc(CNC(=O)c2ccncc2N)n1. The average Bonchev–Trinajstić information content (AvgIpc) is 2.73. The molecule has 17 heavy (non-hydrogen) atoms. The first-order chi connectivity index (χ1) is 8.16. The van der Waals surface area contributed by atoms with Crippen molar-refractivity contribution in [3.63, 3.8) is 0 Å². The van der Waals surface area contributed by atoms with Crippen molar-refractivity contribution in [2.75, 3.05) is 5.73 Å². The number of hydrogen-bond donors (Lipinski definition) is 2. The summed E-state index contributed by atoms with van der Waals surface area (Å²) in [6.07, 6.45) is 4.53. The molecule has 88 valence electrons. The number of pyridine rings is 1. The number of aromatic nitrogens is 4. The molecule has 3 N–H and O–H groups in total. The lowest BCUT2D eigenvalue weighted by atomic mass is 10.2. The van der Waals surface area contributed by atoms with E-state index in [0.717, 1.165) is 0 Å². The van der Waals surface area contributed by atoms with Gasteiger partial charge in [0.2, 0.25) is 0 Å². The van der Waals surface area contributed by atoms with Crippen LogP contribution in [0.5, 0.6) is 0 Å². The molecule has 2 rings (SSSR count). The Morgan fingerprint density at radius 3 is 3.06 bits per heavy atom. The monoisotopic (exact) mass is 232 g/mol. The molecular weight excluding hydrogens is 220 g/mol. The molecule has 0 spiro atoms. The Hall–Kier alpha value is -2.44. The van der Waals surface area contributed by atoms with Gasteiger partial charge in [-0.3, -0.25) is 14.5 Å². The maximum absolute atomic E-state index is 11.8. The van der Waals surface area contributed by atoms with Crippen molar-refractivity contribution < 1.29 is 4.79 Å². The van der Waals surface area contributed by atoms with Crippen molar-refractivity contribution >= 4 is 11.6 Å². The minimum Gasteiger partial charge on any atom is -0.397 e. The molecule has 0 atom stereocenters. The van der Waals surface area contributed by atoms with Gasteiger partial charge in [-0.25, -0.2) is 4.98 Å². The van der Waals surface area contributed by atoms with Crippen molar-refractivity contribution in [1.82, 2.24) is 25.1 Å². The number of aryl methyl sites for hydroxylation is 1. The number of nitrogen functional groups attached to an aromatic ring is 1. The largest absolute Gasteiger partial charge is 0.397 e. The smallest absolute Gasteiger partial charge is 0.253 e. The zero-order chi connectivity index (χ0) is 12.3. The second-order valence-corrected chi connectivity index (χ2v) is 3.48. The number of carbonyl (C=O) groups is 1. The number of rotatable bonds is 3. The standard InChI is InChI=1S/C10H12N6O/c1-16-6-14-9(15-16)5-13-10(17)7-2-3-12-4-8(7)11/h2-4,6H,5,11H2,1H3,(H,13,17). The van der Waals surface area contributed by atoms with E-state index in [2.05, 4.69) is 20.4 Å². The number of nitrogens with one attached hydrogen (secondary N) is 1. The van der Waals surface area contributed by atoms with Crippen LogP contribution in [0.3, 0.4) is 0 Å². The zero-order valence-electron chi connectivity index (χ0n) is 9.29. The van der Waals surface area contributed by atoms with Gasteiger partial charge in [0.15, 0.2) is 5.82 Å². The molecule has 7 heteroatoms. The van der Waals surface area contributed by atoms with Crippen LogP contribution in [0.2, 0.25) is 0 Å². The van der Waals surface area contributed by atoms with Gasteiger partial charge in [-0.2, -0.15) is 5.10 Å². The van der Waals surface area contributed by atoms with Gasteiger partial charge in [-0.15, -0.1) is 0 Å². The molecule has 0 saturated heterocycles. The Labute approximate surface area is 97.7 Å². The summed E-state index contributed by atoms with van der Waals surface area (Å²) in [5.74, 6) is 0.283. The molecule has 0 aliphatic heterocycles. The van der Waals surface area contributed by atoms with Crippen molar-refractivity contribution in [3.05, 3.63) is 36.2 Å². The predicted octanol–water partition coefficient (Wildman–Crippen LogP) is -0.278. The van der Waals surface area contributed by atoms with Crippen LogP contribution in [0.1, 0.15) is 16.2 Å². The number of nitrogens with zero attached hydrogens (tertiary/aromatic N) is 4. The second kappa shape index (κ2) is 4.60. The highest BCUT2D eigenvalue weighted by atomic mass is 16.1. The molecule has 2 aromatic heterocycles. The number of carbonyl (C=O) groups excluding carboxylic acids is 1. The van der Waals surface area contributed by atoms with Gasteiger partial charge in [-0.05, 0) is 6.07 Å². The van der Waals surface area contributed by atoms with Gasteiger partial charge in [-0.1, -0.05) is 0 Å². The Morgan fingerprint density at radius 1 is 1.59 bits per heavy atom. The molecule has 2 heterocycles. The molecule has 0 bridgehead atoms. The molecule has 0 aliphatic carbocycles. The van der Waals surface area contributed by atoms with Crippen molar-refractivity contribution in [3.8, 4) is 0 Å². The molecule has 0 saturated carbocycles. The van der Waals surface area contributed by atoms with Crippen LogP contribution in [0, 0.1) is 0 Å². The fourth-order valence-corrected chi connectivity index (χ4v) is 1.33. The minimum absolute atomic E-state index is 0.265. The Bertz CT molecular complexity index is 535. The highest BCUT2D eigenvalue weighted by Gasteiger charge is 2.09. The van der Waals surface area contributed by atoms with Gasteiger partial charge < -0.3 is 11.1 Å². The van der Waals surface area contributed by atoms with Crippen LogP contribution >= 0.6 is 0 Å². The molecule has 1 amide bonds. The normalized spacial score (nSPS) is 10.2. The van der Waals surface area contributed by atoms with Crippen molar-refractivity contribution in [2.45, 2.75) is 6.54 Å². The van der Waals surface area contributed by atoms with Crippen molar-refractivity contribution in [1.29, 1.82) is 0 Å². The predicted molar refractivity (Wildman–Crippen MR) is 60.8 cm³/mol. The number of anilines is 1. The summed E-state index contributed by atoms with van der Waals surface area (Å²) in [4.78, 5) is 19.6. The maximum atomic E-state index is 11.8. The lowest BCUT2D eigenvalue weighted by molar-refractivity contribution is 0.0950. The number of amides is 1. The fraction of sp³-hybridized carbons (Fsp3) is 0.200. The summed E-state index contributed by atoms with van der Waals surface area (Å²) >= 11 is 0. The van der Waals surface area contributed by atoms with E-state index in [1.165, 1.54) is 12.4 Å². The van der Waals surface area contributed by atoms with Crippen LogP contribution < -0.4 is 11.1 Å². The third-order valence-corrected chi connectivity index (χ3v) is 2.15. The van der Waals surface area contributed by atoms with E-state index in [9.17, 15) is 4.79 Å². The van der Waals surface area contributed by atoms with Crippen LogP contribution in [-0.2, 0) is 13.6 Å². The molecule has 0 fully saturated rings. The minimum atomic E-state index is -0.266. The topological polar surface area (TPSA) is 98.7 Å². The number of nitrogens with two attached hydrogens (primary N) is 1. The summed E-state index contributed by atoms with van der Waals surface area (Å²) in [6, 6.07) is 1.57. The first kappa shape index (κ1) is 11.1. The summed E-state index contributed by atoms with van der Waals surface area (Å²) in [7, 11) is 1.76. The fourth-order valence-electron chi connectivity index (χ4n) is 1.33. The van der Waals surface area contributed by atoms with E-state index in [0.29, 0.717) is 17.1 Å². The van der Waals surface area contributed by atoms with E-state index in [-0.39, 0.29) is 12.5 Å². The third-order valence-electron chi connectivity index (χ3n) is 2.15. The highest BCUT2D eigenvalue weighted by molar-refractivity contribution is 5.98. The van der Waals surface area contributed by atoms with Crippen LogP contribution in [-0.4, -0.2) is 25.7 Å². The van der Waals surface area contributed by atoms with Crippen molar-refractivity contribution in [2.24, 2.45) is 7.05 Å². The van der Waals surface area contributed by atoms with Gasteiger partial charge >= 0.3 is 0 Å². The zero-order valence-corrected chi connectivity index (χ0v) is 9.29. The Balaban J connectivity index is 2.01. The molecule has 0 radical (unpaired) electrons. The highest BCUT2D eigenvalue weighted by Crippen LogP contribution is 2.07. The average molecular weight is 232 g/mol. The van der Waals surface area contributed by atoms with Gasteiger partial charge in [0.25, 0.3) is 5.91 Å². The first-order valence-electron chi connectivity index (χ1n) is 4.99. The molecule has 7 nitrogen and oxygen atoms in total. The van der Waals surface area contributed by atoms with Gasteiger partial charge in [0.1, 0.15) is 6.33 Å². The summed E-state index contributed by atoms with van der Waals surface area (Å²) in [5.41, 5.74) is 6.38. The van der Waals surface area contributed by atoms with Gasteiger partial charge in [0, 0.05) is 13.2 Å². The third kappa shape index (κ3) is 2.57. The van der Waals surface area contributed by atoms with Crippen LogP contribution in [0.25, 0.3) is 0 Å². The Kier molecular flexibility index (Phi) is 2.99. The first-order valence-corrected chi connectivity index (χ1v) is 4.99. The van der Waals surface area contributed by atoms with E-state index in [1.807, 2.05) is 0 Å². The number of hydrogen-bond acceptors (Lipinski definition) is 5. The molecule has 0 unspecified atom stereocenters. The van der Waals surface area contributed by atoms with Gasteiger partial charge in [0.05, 0.1) is 24.0 Å². The summed E-state index contributed by atoms with van der Waals surface area (Å²) in [6.45, 7) is 0.265. The van der Waals surface area contributed by atoms with E-state index in [1.54, 1.807) is 24.1 Å². The molecule has 0 aliphatic rings. The molecular formula is C10H12N6O. The summed E-state index contributed by atoms with van der Waals surface area (Å²) < 4.78 is 1.57. The van der Waals surface area contributed by atoms with Crippen LogP contribution in [0.4, 0.5) is 5.69 Å². The van der Waals surface area contributed by atoms with Crippen LogP contribution in [0.15, 0.2) is 24.8 Å². The summed E-state index contributed by atoms with van der Waals surface area (Å²) in [5, 5.41) is 6.73. The quantitative estimate of drug-likeness (QED) is 0.758. The Morgan fingerprint density at radius 2 is 2.41 bits per heavy atom. The molecule has 2 aromatic rings. The van der Waals surface area contributed by atoms with E-state index < -0.39 is 0 Å². The lowest BCUT2D eigenvalue weighted by Crippen LogP contribution is -2.24. The lowest BCUT2D eigenvalue weighted by Gasteiger charge is -2.04.